The third-order valence-electron chi connectivity index (χ3n) is 4.85. The molecule has 0 spiro atoms. The topological polar surface area (TPSA) is 104 Å². The van der Waals surface area contributed by atoms with Gasteiger partial charge in [-0.15, -0.1) is 0 Å². The first-order valence-corrected chi connectivity index (χ1v) is 8.55. The van der Waals surface area contributed by atoms with Crippen LogP contribution in [0.15, 0.2) is 18.2 Å². The average Bonchev–Trinajstić information content (AvgIpc) is 3.39. The van der Waals surface area contributed by atoms with Crippen LogP contribution in [0.3, 0.4) is 0 Å². The Morgan fingerprint density at radius 1 is 1.25 bits per heavy atom. The van der Waals surface area contributed by atoms with E-state index in [1.54, 1.807) is 12.1 Å². The highest BCUT2D eigenvalue weighted by atomic mass is 16.6. The molecule has 2 saturated carbocycles. The van der Waals surface area contributed by atoms with Gasteiger partial charge in [0.2, 0.25) is 0 Å². The van der Waals surface area contributed by atoms with E-state index in [2.05, 4.69) is 10.6 Å². The lowest BCUT2D eigenvalue weighted by Crippen LogP contribution is -2.43. The zero-order valence-corrected chi connectivity index (χ0v) is 13.5. The number of amides is 1. The summed E-state index contributed by atoms with van der Waals surface area (Å²) in [5, 5.41) is 26.8. The molecule has 0 bridgehead atoms. The minimum atomic E-state index is -0.460. The fourth-order valence-electron chi connectivity index (χ4n) is 3.26. The van der Waals surface area contributed by atoms with Crippen LogP contribution < -0.4 is 10.6 Å². The van der Waals surface area contributed by atoms with Gasteiger partial charge in [-0.3, -0.25) is 14.9 Å². The molecule has 2 atom stereocenters. The van der Waals surface area contributed by atoms with Crippen molar-refractivity contribution in [3.63, 3.8) is 0 Å². The van der Waals surface area contributed by atoms with E-state index in [1.807, 2.05) is 0 Å². The van der Waals surface area contributed by atoms with Crippen LogP contribution in [0.2, 0.25) is 0 Å². The number of hydrogen-bond acceptors (Lipinski definition) is 5. The maximum absolute atomic E-state index is 12.5. The van der Waals surface area contributed by atoms with Gasteiger partial charge in [0.05, 0.1) is 4.92 Å². The lowest BCUT2D eigenvalue weighted by Gasteiger charge is -2.30. The van der Waals surface area contributed by atoms with Crippen molar-refractivity contribution >= 4 is 17.3 Å². The standard InChI is InChI=1S/C17H23N3O4/c21-10-12-3-1-2-4-14(12)19-17(22)11-5-8-15(18-13-6-7-13)16(9-11)20(23)24/h5,8-9,12-14,18,21H,1-4,6-7,10H2,(H,19,22). The molecule has 2 aliphatic carbocycles. The van der Waals surface area contributed by atoms with Crippen molar-refractivity contribution in [1.82, 2.24) is 5.32 Å². The zero-order chi connectivity index (χ0) is 17.1. The van der Waals surface area contributed by atoms with E-state index >= 15 is 0 Å². The van der Waals surface area contributed by atoms with E-state index < -0.39 is 4.92 Å². The second-order valence-corrected chi connectivity index (χ2v) is 6.71. The molecule has 3 N–H and O–H groups in total. The Kier molecular flexibility index (Phi) is 4.99. The fourth-order valence-corrected chi connectivity index (χ4v) is 3.26. The smallest absolute Gasteiger partial charge is 0.293 e. The maximum Gasteiger partial charge on any atom is 0.293 e. The molecule has 3 rings (SSSR count). The number of carbonyl (C=O) groups is 1. The summed E-state index contributed by atoms with van der Waals surface area (Å²) >= 11 is 0. The van der Waals surface area contributed by atoms with Crippen LogP contribution in [0.1, 0.15) is 48.9 Å². The highest BCUT2D eigenvalue weighted by Gasteiger charge is 2.28. The van der Waals surface area contributed by atoms with Crippen molar-refractivity contribution in [3.8, 4) is 0 Å². The van der Waals surface area contributed by atoms with Crippen LogP contribution >= 0.6 is 0 Å². The van der Waals surface area contributed by atoms with Crippen molar-refractivity contribution < 1.29 is 14.8 Å². The zero-order valence-electron chi connectivity index (χ0n) is 13.5. The van der Waals surface area contributed by atoms with Crippen LogP contribution in [0.25, 0.3) is 0 Å². The number of aliphatic hydroxyl groups excluding tert-OH is 1. The molecule has 130 valence electrons. The van der Waals surface area contributed by atoms with Gasteiger partial charge in [0.1, 0.15) is 5.69 Å². The minimum Gasteiger partial charge on any atom is -0.396 e. The Hall–Kier alpha value is -2.15. The molecule has 0 saturated heterocycles. The lowest BCUT2D eigenvalue weighted by molar-refractivity contribution is -0.384. The molecule has 0 heterocycles. The Morgan fingerprint density at radius 2 is 2.00 bits per heavy atom. The summed E-state index contributed by atoms with van der Waals surface area (Å²) in [7, 11) is 0. The molecule has 2 fully saturated rings. The van der Waals surface area contributed by atoms with E-state index in [0.717, 1.165) is 38.5 Å². The lowest BCUT2D eigenvalue weighted by atomic mass is 9.85. The number of nitro benzene ring substituents is 1. The van der Waals surface area contributed by atoms with Crippen molar-refractivity contribution in [2.24, 2.45) is 5.92 Å². The first kappa shape index (κ1) is 16.7. The van der Waals surface area contributed by atoms with Crippen LogP contribution in [0.4, 0.5) is 11.4 Å². The van der Waals surface area contributed by atoms with E-state index in [4.69, 9.17) is 0 Å². The summed E-state index contributed by atoms with van der Waals surface area (Å²) < 4.78 is 0. The largest absolute Gasteiger partial charge is 0.396 e. The number of aliphatic hydroxyl groups is 1. The van der Waals surface area contributed by atoms with Crippen LogP contribution in [0.5, 0.6) is 0 Å². The monoisotopic (exact) mass is 333 g/mol. The molecule has 24 heavy (non-hydrogen) atoms. The highest BCUT2D eigenvalue weighted by molar-refractivity contribution is 5.96. The van der Waals surface area contributed by atoms with Crippen molar-refractivity contribution in [2.75, 3.05) is 11.9 Å². The average molecular weight is 333 g/mol. The van der Waals surface area contributed by atoms with Gasteiger partial charge >= 0.3 is 0 Å². The van der Waals surface area contributed by atoms with Gasteiger partial charge in [0.15, 0.2) is 0 Å². The molecule has 0 aliphatic heterocycles. The predicted molar refractivity (Wildman–Crippen MR) is 90.0 cm³/mol. The SMILES string of the molecule is O=C(NC1CCCCC1CO)c1ccc(NC2CC2)c([N+](=O)[O-])c1. The highest BCUT2D eigenvalue weighted by Crippen LogP contribution is 2.32. The van der Waals surface area contributed by atoms with Crippen LogP contribution in [0, 0.1) is 16.0 Å². The van der Waals surface area contributed by atoms with Gasteiger partial charge in [0.25, 0.3) is 11.6 Å². The third-order valence-corrected chi connectivity index (χ3v) is 4.85. The third kappa shape index (κ3) is 3.84. The predicted octanol–water partition coefficient (Wildman–Crippen LogP) is 2.45. The van der Waals surface area contributed by atoms with Gasteiger partial charge in [-0.25, -0.2) is 0 Å². The molecular formula is C17H23N3O4. The molecule has 1 amide bonds. The summed E-state index contributed by atoms with van der Waals surface area (Å²) in [6, 6.07) is 4.78. The summed E-state index contributed by atoms with van der Waals surface area (Å²) in [5.41, 5.74) is 0.673. The number of anilines is 1. The van der Waals surface area contributed by atoms with Gasteiger partial charge in [-0.05, 0) is 37.8 Å². The Balaban J connectivity index is 1.74. The quantitative estimate of drug-likeness (QED) is 0.548. The van der Waals surface area contributed by atoms with Crippen molar-refractivity contribution in [3.05, 3.63) is 33.9 Å². The van der Waals surface area contributed by atoms with Gasteiger partial charge < -0.3 is 15.7 Å². The number of carbonyl (C=O) groups excluding carboxylic acids is 1. The second kappa shape index (κ2) is 7.17. The Bertz CT molecular complexity index is 630. The van der Waals surface area contributed by atoms with E-state index in [-0.39, 0.29) is 35.7 Å². The molecule has 7 nitrogen and oxygen atoms in total. The van der Waals surface area contributed by atoms with Crippen LogP contribution in [-0.4, -0.2) is 34.6 Å². The van der Waals surface area contributed by atoms with Gasteiger partial charge in [-0.1, -0.05) is 12.8 Å². The van der Waals surface area contributed by atoms with E-state index in [1.165, 1.54) is 6.07 Å². The molecule has 1 aromatic rings. The van der Waals surface area contributed by atoms with Crippen molar-refractivity contribution in [1.29, 1.82) is 0 Å². The first-order chi connectivity index (χ1) is 11.6. The number of rotatable bonds is 6. The molecule has 2 unspecified atom stereocenters. The molecule has 7 heteroatoms. The Morgan fingerprint density at radius 3 is 2.67 bits per heavy atom. The van der Waals surface area contributed by atoms with Crippen molar-refractivity contribution in [2.45, 2.75) is 50.6 Å². The first-order valence-electron chi connectivity index (χ1n) is 8.55. The van der Waals surface area contributed by atoms with Crippen LogP contribution in [-0.2, 0) is 0 Å². The minimum absolute atomic E-state index is 0.0509. The second-order valence-electron chi connectivity index (χ2n) is 6.71. The summed E-state index contributed by atoms with van der Waals surface area (Å²) in [5.74, 6) is -0.255. The van der Waals surface area contributed by atoms with E-state index in [9.17, 15) is 20.0 Å². The van der Waals surface area contributed by atoms with E-state index in [0.29, 0.717) is 11.7 Å². The molecule has 0 radical (unpaired) electrons. The summed E-state index contributed by atoms with van der Waals surface area (Å²) in [4.78, 5) is 23.3. The van der Waals surface area contributed by atoms with Gasteiger partial charge in [0, 0.05) is 36.2 Å². The summed E-state index contributed by atoms with van der Waals surface area (Å²) in [6.07, 6.45) is 5.84. The number of benzene rings is 1. The molecule has 0 aromatic heterocycles. The number of nitrogens with zero attached hydrogens (tertiary/aromatic N) is 1. The maximum atomic E-state index is 12.5. The van der Waals surface area contributed by atoms with Gasteiger partial charge in [-0.2, -0.15) is 0 Å². The summed E-state index contributed by atoms with van der Waals surface area (Å²) in [6.45, 7) is 0.0509. The normalized spacial score (nSPS) is 23.5. The molecule has 1 aromatic carbocycles. The number of hydrogen-bond donors (Lipinski definition) is 3. The number of nitrogens with one attached hydrogen (secondary N) is 2. The Labute approximate surface area is 140 Å². The molecule has 2 aliphatic rings. The number of nitro groups is 1. The molecular weight excluding hydrogens is 310 g/mol. The fraction of sp³-hybridized carbons (Fsp3) is 0.588.